The zero-order chi connectivity index (χ0) is 16.2. The molecule has 22 heavy (non-hydrogen) atoms. The van der Waals surface area contributed by atoms with Gasteiger partial charge >= 0.3 is 11.9 Å². The first-order valence-corrected chi connectivity index (χ1v) is 7.97. The molecule has 0 spiro atoms. The summed E-state index contributed by atoms with van der Waals surface area (Å²) in [7, 11) is 0. The minimum absolute atomic E-state index is 0.105. The summed E-state index contributed by atoms with van der Waals surface area (Å²) in [6.07, 6.45) is 1.21. The molecule has 3 fully saturated rings. The van der Waals surface area contributed by atoms with Gasteiger partial charge in [-0.25, -0.2) is 0 Å². The van der Waals surface area contributed by atoms with Crippen molar-refractivity contribution in [2.24, 2.45) is 17.3 Å². The molecule has 6 unspecified atom stereocenters. The summed E-state index contributed by atoms with van der Waals surface area (Å²) in [5, 5.41) is 0. The Balaban J connectivity index is 1.77. The molecule has 3 aliphatic heterocycles. The molecule has 6 atom stereocenters. The summed E-state index contributed by atoms with van der Waals surface area (Å²) in [6, 6.07) is 0. The van der Waals surface area contributed by atoms with E-state index in [9.17, 15) is 9.59 Å². The van der Waals surface area contributed by atoms with E-state index in [1.807, 2.05) is 40.7 Å². The Labute approximate surface area is 131 Å². The lowest BCUT2D eigenvalue weighted by molar-refractivity contribution is -0.169. The zero-order valence-corrected chi connectivity index (χ0v) is 13.8. The van der Waals surface area contributed by atoms with Gasteiger partial charge in [0.05, 0.1) is 17.4 Å². The quantitative estimate of drug-likeness (QED) is 0.589. The smallest absolute Gasteiger partial charge is 0.316 e. The SMILES string of the molecule is CC(C)=CC(C)(C(=O)OC1C2CC3C(=O)OC1C3O2)C(C)C. The standard InChI is InChI=1S/C17H24O5/c1-8(2)7-17(5,9(3)4)16(19)22-13-11-6-10-12(20-11)14(13)21-15(10)18/h7,9-14H,6H2,1-5H3. The molecule has 0 saturated carbocycles. The summed E-state index contributed by atoms with van der Waals surface area (Å²) < 4.78 is 16.9. The third-order valence-electron chi connectivity index (χ3n) is 5.25. The molecule has 0 N–H and O–H groups in total. The maximum absolute atomic E-state index is 12.8. The molecule has 0 amide bonds. The Hall–Kier alpha value is -1.36. The fourth-order valence-electron chi connectivity index (χ4n) is 3.69. The lowest BCUT2D eigenvalue weighted by atomic mass is 9.77. The van der Waals surface area contributed by atoms with Gasteiger partial charge in [-0.15, -0.1) is 0 Å². The van der Waals surface area contributed by atoms with Gasteiger partial charge in [-0.3, -0.25) is 9.59 Å². The van der Waals surface area contributed by atoms with Crippen LogP contribution in [-0.4, -0.2) is 36.4 Å². The van der Waals surface area contributed by atoms with Crippen LogP contribution in [0.5, 0.6) is 0 Å². The van der Waals surface area contributed by atoms with E-state index in [1.165, 1.54) is 0 Å². The Bertz CT molecular complexity index is 533. The summed E-state index contributed by atoms with van der Waals surface area (Å²) in [5.41, 5.74) is 0.382. The van der Waals surface area contributed by atoms with Crippen molar-refractivity contribution in [1.82, 2.24) is 0 Å². The molecule has 5 nitrogen and oxygen atoms in total. The lowest BCUT2D eigenvalue weighted by Gasteiger charge is -2.32. The Morgan fingerprint density at radius 2 is 2.05 bits per heavy atom. The van der Waals surface area contributed by atoms with Crippen molar-refractivity contribution >= 4 is 11.9 Å². The van der Waals surface area contributed by atoms with E-state index in [4.69, 9.17) is 14.2 Å². The maximum Gasteiger partial charge on any atom is 0.316 e. The van der Waals surface area contributed by atoms with Gasteiger partial charge in [-0.05, 0) is 33.1 Å². The Morgan fingerprint density at radius 1 is 1.36 bits per heavy atom. The average molecular weight is 308 g/mol. The van der Waals surface area contributed by atoms with Crippen LogP contribution in [0.25, 0.3) is 0 Å². The summed E-state index contributed by atoms with van der Waals surface area (Å²) in [6.45, 7) is 9.84. The number of hydrogen-bond acceptors (Lipinski definition) is 5. The molecule has 0 radical (unpaired) electrons. The summed E-state index contributed by atoms with van der Waals surface area (Å²) >= 11 is 0. The van der Waals surface area contributed by atoms with Crippen molar-refractivity contribution in [2.75, 3.05) is 0 Å². The van der Waals surface area contributed by atoms with Crippen LogP contribution in [0.2, 0.25) is 0 Å². The van der Waals surface area contributed by atoms with E-state index >= 15 is 0 Å². The van der Waals surface area contributed by atoms with Crippen LogP contribution in [0.1, 0.15) is 41.0 Å². The number of ether oxygens (including phenoxy) is 3. The number of allylic oxidation sites excluding steroid dienone is 1. The van der Waals surface area contributed by atoms with Gasteiger partial charge in [-0.1, -0.05) is 25.5 Å². The van der Waals surface area contributed by atoms with Crippen LogP contribution in [0.15, 0.2) is 11.6 Å². The van der Waals surface area contributed by atoms with Crippen molar-refractivity contribution in [3.8, 4) is 0 Å². The van der Waals surface area contributed by atoms with Gasteiger partial charge in [0.2, 0.25) is 0 Å². The normalized spacial score (nSPS) is 37.9. The van der Waals surface area contributed by atoms with E-state index < -0.39 is 17.6 Å². The molecule has 0 aromatic rings. The molecule has 3 heterocycles. The van der Waals surface area contributed by atoms with Crippen LogP contribution in [-0.2, 0) is 23.8 Å². The number of carbonyl (C=O) groups is 2. The first kappa shape index (κ1) is 15.5. The molecule has 3 saturated heterocycles. The second-order valence-corrected chi connectivity index (χ2v) is 7.41. The molecule has 3 rings (SSSR count). The molecule has 0 aromatic carbocycles. The number of fused-ring (bicyclic) bond motifs is 1. The van der Waals surface area contributed by atoms with E-state index in [1.54, 1.807) is 0 Å². The third-order valence-corrected chi connectivity index (χ3v) is 5.25. The van der Waals surface area contributed by atoms with Crippen molar-refractivity contribution in [3.63, 3.8) is 0 Å². The zero-order valence-electron chi connectivity index (χ0n) is 13.8. The molecule has 0 aliphatic carbocycles. The molecule has 3 aliphatic rings. The monoisotopic (exact) mass is 308 g/mol. The highest BCUT2D eigenvalue weighted by molar-refractivity contribution is 5.80. The van der Waals surface area contributed by atoms with Crippen LogP contribution in [0.3, 0.4) is 0 Å². The van der Waals surface area contributed by atoms with Gasteiger partial charge in [0.15, 0.2) is 12.2 Å². The highest BCUT2D eigenvalue weighted by Gasteiger charge is 2.65. The molecular formula is C17H24O5. The second-order valence-electron chi connectivity index (χ2n) is 7.41. The minimum atomic E-state index is -0.692. The lowest BCUT2D eigenvalue weighted by Crippen LogP contribution is -2.44. The van der Waals surface area contributed by atoms with E-state index in [0.717, 1.165) is 5.57 Å². The first-order valence-electron chi connectivity index (χ1n) is 7.97. The van der Waals surface area contributed by atoms with E-state index in [-0.39, 0.29) is 36.0 Å². The molecule has 122 valence electrons. The van der Waals surface area contributed by atoms with Crippen LogP contribution in [0.4, 0.5) is 0 Å². The first-order chi connectivity index (χ1) is 10.2. The van der Waals surface area contributed by atoms with Crippen LogP contribution in [0, 0.1) is 17.3 Å². The van der Waals surface area contributed by atoms with Crippen LogP contribution >= 0.6 is 0 Å². The largest absolute Gasteiger partial charge is 0.455 e. The Morgan fingerprint density at radius 3 is 2.64 bits per heavy atom. The second kappa shape index (κ2) is 5.08. The van der Waals surface area contributed by atoms with Gasteiger partial charge in [0, 0.05) is 0 Å². The predicted molar refractivity (Wildman–Crippen MR) is 78.9 cm³/mol. The number of esters is 2. The average Bonchev–Trinajstić information content (AvgIpc) is 3.02. The minimum Gasteiger partial charge on any atom is -0.455 e. The number of carbonyl (C=O) groups excluding carboxylic acids is 2. The van der Waals surface area contributed by atoms with Crippen molar-refractivity contribution < 1.29 is 23.8 Å². The van der Waals surface area contributed by atoms with E-state index in [0.29, 0.717) is 6.42 Å². The number of hydrogen-bond donors (Lipinski definition) is 0. The fourth-order valence-corrected chi connectivity index (χ4v) is 3.69. The highest BCUT2D eigenvalue weighted by Crippen LogP contribution is 2.48. The van der Waals surface area contributed by atoms with Crippen molar-refractivity contribution in [3.05, 3.63) is 11.6 Å². The predicted octanol–water partition coefficient (Wildman–Crippen LogP) is 2.24. The summed E-state index contributed by atoms with van der Waals surface area (Å²) in [4.78, 5) is 24.5. The van der Waals surface area contributed by atoms with Gasteiger partial charge in [-0.2, -0.15) is 0 Å². The Kier molecular flexibility index (Phi) is 3.59. The van der Waals surface area contributed by atoms with Crippen LogP contribution < -0.4 is 0 Å². The molecule has 0 aromatic heterocycles. The van der Waals surface area contributed by atoms with Gasteiger partial charge in [0.1, 0.15) is 6.10 Å². The maximum atomic E-state index is 12.8. The third kappa shape index (κ3) is 2.18. The van der Waals surface area contributed by atoms with Crippen molar-refractivity contribution in [1.29, 1.82) is 0 Å². The summed E-state index contributed by atoms with van der Waals surface area (Å²) in [5.74, 6) is -0.552. The topological polar surface area (TPSA) is 61.8 Å². The fraction of sp³-hybridized carbons (Fsp3) is 0.765. The van der Waals surface area contributed by atoms with Crippen molar-refractivity contribution in [2.45, 2.75) is 65.5 Å². The van der Waals surface area contributed by atoms with Gasteiger partial charge < -0.3 is 14.2 Å². The molecule has 2 bridgehead atoms. The molecular weight excluding hydrogens is 284 g/mol. The van der Waals surface area contributed by atoms with Gasteiger partial charge in [0.25, 0.3) is 0 Å². The highest BCUT2D eigenvalue weighted by atomic mass is 16.7. The van der Waals surface area contributed by atoms with E-state index in [2.05, 4.69) is 0 Å². The number of rotatable bonds is 4. The molecule has 5 heteroatoms.